The molecule has 1 aliphatic heterocycles. The summed E-state index contributed by atoms with van der Waals surface area (Å²) in [6.07, 6.45) is 1.14. The fourth-order valence-corrected chi connectivity index (χ4v) is 2.76. The first-order chi connectivity index (χ1) is 11.1. The number of Topliss-reactive ketones (excluding diaryl/α,β-unsaturated/α-hetero) is 1. The van der Waals surface area contributed by atoms with Gasteiger partial charge < -0.3 is 0 Å². The van der Waals surface area contributed by atoms with Crippen molar-refractivity contribution in [2.24, 2.45) is 16.1 Å². The lowest BCUT2D eigenvalue weighted by atomic mass is 9.91. The third-order valence-corrected chi connectivity index (χ3v) is 4.25. The van der Waals surface area contributed by atoms with E-state index in [1.807, 2.05) is 61.5 Å². The standard InChI is InChI=1S/C20H20N2O/c1-14-8-10-16(11-9-14)19(23)13-12-18-15(2)20(22-21-18)17-6-4-3-5-7-17/h3-11,15H,12-13H2,1-2H3. The van der Waals surface area contributed by atoms with Gasteiger partial charge in [0.05, 0.1) is 5.71 Å². The number of hydrogen-bond donors (Lipinski definition) is 0. The molecule has 1 unspecified atom stereocenters. The molecule has 0 amide bonds. The highest BCUT2D eigenvalue weighted by atomic mass is 16.1. The van der Waals surface area contributed by atoms with Crippen LogP contribution < -0.4 is 0 Å². The molecule has 0 bridgehead atoms. The zero-order chi connectivity index (χ0) is 16.2. The van der Waals surface area contributed by atoms with E-state index in [2.05, 4.69) is 17.1 Å². The summed E-state index contributed by atoms with van der Waals surface area (Å²) in [5.74, 6) is 0.330. The van der Waals surface area contributed by atoms with Crippen LogP contribution in [0.15, 0.2) is 64.8 Å². The second kappa shape index (κ2) is 6.69. The lowest BCUT2D eigenvalue weighted by Gasteiger charge is -2.10. The van der Waals surface area contributed by atoms with Crippen molar-refractivity contribution in [3.8, 4) is 0 Å². The molecule has 116 valence electrons. The smallest absolute Gasteiger partial charge is 0.163 e. The first kappa shape index (κ1) is 15.3. The first-order valence-electron chi connectivity index (χ1n) is 7.95. The van der Waals surface area contributed by atoms with Crippen LogP contribution in [-0.4, -0.2) is 17.2 Å². The number of hydrogen-bond acceptors (Lipinski definition) is 3. The Bertz CT molecular complexity index is 758. The summed E-state index contributed by atoms with van der Waals surface area (Å²) in [6.45, 7) is 4.12. The van der Waals surface area contributed by atoms with Gasteiger partial charge in [0.2, 0.25) is 0 Å². The molecule has 3 heteroatoms. The van der Waals surface area contributed by atoms with Gasteiger partial charge in [-0.05, 0) is 18.9 Å². The molecule has 23 heavy (non-hydrogen) atoms. The Labute approximate surface area is 136 Å². The topological polar surface area (TPSA) is 41.8 Å². The summed E-state index contributed by atoms with van der Waals surface area (Å²) in [6, 6.07) is 17.8. The minimum Gasteiger partial charge on any atom is -0.294 e. The number of benzene rings is 2. The molecule has 0 spiro atoms. The molecule has 2 aromatic carbocycles. The quantitative estimate of drug-likeness (QED) is 0.752. The number of ketones is 1. The fraction of sp³-hybridized carbons (Fsp3) is 0.250. The van der Waals surface area contributed by atoms with Crippen LogP contribution in [0.25, 0.3) is 0 Å². The molecule has 0 fully saturated rings. The van der Waals surface area contributed by atoms with E-state index in [-0.39, 0.29) is 11.7 Å². The van der Waals surface area contributed by atoms with Crippen LogP contribution in [0.5, 0.6) is 0 Å². The zero-order valence-electron chi connectivity index (χ0n) is 13.5. The van der Waals surface area contributed by atoms with E-state index in [0.717, 1.165) is 28.1 Å². The summed E-state index contributed by atoms with van der Waals surface area (Å²) in [7, 11) is 0. The van der Waals surface area contributed by atoms with Gasteiger partial charge in [-0.15, -0.1) is 0 Å². The molecule has 1 aliphatic rings. The lowest BCUT2D eigenvalue weighted by molar-refractivity contribution is 0.0984. The summed E-state index contributed by atoms with van der Waals surface area (Å²) < 4.78 is 0. The minimum atomic E-state index is 0.160. The van der Waals surface area contributed by atoms with E-state index >= 15 is 0 Å². The average molecular weight is 304 g/mol. The second-order valence-electron chi connectivity index (χ2n) is 5.95. The normalized spacial score (nSPS) is 16.9. The molecule has 0 saturated heterocycles. The molecule has 1 atom stereocenters. The molecule has 0 aromatic heterocycles. The number of rotatable bonds is 5. The third-order valence-electron chi connectivity index (χ3n) is 4.25. The number of nitrogens with zero attached hydrogens (tertiary/aromatic N) is 2. The van der Waals surface area contributed by atoms with Crippen molar-refractivity contribution < 1.29 is 4.79 Å². The summed E-state index contributed by atoms with van der Waals surface area (Å²) in [5.41, 5.74) is 5.01. The molecule has 3 nitrogen and oxygen atoms in total. The highest BCUT2D eigenvalue weighted by Crippen LogP contribution is 2.21. The van der Waals surface area contributed by atoms with Gasteiger partial charge in [-0.1, -0.05) is 67.1 Å². The maximum atomic E-state index is 12.3. The SMILES string of the molecule is Cc1ccc(C(=O)CCC2=NN=C(c3ccccc3)C2C)cc1. The molecule has 0 aliphatic carbocycles. The Balaban J connectivity index is 1.60. The van der Waals surface area contributed by atoms with Gasteiger partial charge >= 0.3 is 0 Å². The number of aryl methyl sites for hydroxylation is 1. The van der Waals surface area contributed by atoms with Gasteiger partial charge in [-0.2, -0.15) is 10.2 Å². The lowest BCUT2D eigenvalue weighted by Crippen LogP contribution is -2.18. The molecule has 1 heterocycles. The molecule has 0 radical (unpaired) electrons. The predicted molar refractivity (Wildman–Crippen MR) is 94.3 cm³/mol. The van der Waals surface area contributed by atoms with Crippen LogP contribution in [0.4, 0.5) is 0 Å². The monoisotopic (exact) mass is 304 g/mol. The average Bonchev–Trinajstić information content (AvgIpc) is 2.95. The third kappa shape index (κ3) is 3.45. The van der Waals surface area contributed by atoms with Crippen LogP contribution in [0.1, 0.15) is 41.3 Å². The Kier molecular flexibility index (Phi) is 4.47. The van der Waals surface area contributed by atoms with Crippen molar-refractivity contribution in [3.05, 3.63) is 71.3 Å². The van der Waals surface area contributed by atoms with Crippen molar-refractivity contribution in [1.29, 1.82) is 0 Å². The van der Waals surface area contributed by atoms with Gasteiger partial charge in [0.1, 0.15) is 0 Å². The van der Waals surface area contributed by atoms with Gasteiger partial charge in [0, 0.05) is 23.6 Å². The van der Waals surface area contributed by atoms with Crippen molar-refractivity contribution >= 4 is 17.2 Å². The maximum Gasteiger partial charge on any atom is 0.163 e. The Morgan fingerprint density at radius 1 is 1.00 bits per heavy atom. The van der Waals surface area contributed by atoms with Gasteiger partial charge in [-0.3, -0.25) is 4.79 Å². The van der Waals surface area contributed by atoms with E-state index in [0.29, 0.717) is 12.8 Å². The first-order valence-corrected chi connectivity index (χ1v) is 7.95. The summed E-state index contributed by atoms with van der Waals surface area (Å²) in [4.78, 5) is 12.3. The molecule has 0 N–H and O–H groups in total. The molecular weight excluding hydrogens is 284 g/mol. The summed E-state index contributed by atoms with van der Waals surface area (Å²) in [5, 5.41) is 8.63. The van der Waals surface area contributed by atoms with Crippen molar-refractivity contribution in [1.82, 2.24) is 0 Å². The van der Waals surface area contributed by atoms with E-state index in [4.69, 9.17) is 0 Å². The van der Waals surface area contributed by atoms with Crippen LogP contribution in [0.3, 0.4) is 0 Å². The van der Waals surface area contributed by atoms with Crippen LogP contribution >= 0.6 is 0 Å². The zero-order valence-corrected chi connectivity index (χ0v) is 13.5. The highest BCUT2D eigenvalue weighted by Gasteiger charge is 2.24. The van der Waals surface area contributed by atoms with Crippen molar-refractivity contribution in [2.45, 2.75) is 26.7 Å². The number of carbonyl (C=O) groups is 1. The van der Waals surface area contributed by atoms with Crippen LogP contribution in [0.2, 0.25) is 0 Å². The Morgan fingerprint density at radius 2 is 1.70 bits per heavy atom. The van der Waals surface area contributed by atoms with Gasteiger partial charge in [0.25, 0.3) is 0 Å². The number of carbonyl (C=O) groups excluding carboxylic acids is 1. The Hall–Kier alpha value is -2.55. The van der Waals surface area contributed by atoms with Crippen molar-refractivity contribution in [2.75, 3.05) is 0 Å². The molecule has 3 rings (SSSR count). The fourth-order valence-electron chi connectivity index (χ4n) is 2.76. The summed E-state index contributed by atoms with van der Waals surface area (Å²) >= 11 is 0. The second-order valence-corrected chi connectivity index (χ2v) is 5.95. The van der Waals surface area contributed by atoms with E-state index in [1.165, 1.54) is 0 Å². The molecule has 2 aromatic rings. The predicted octanol–water partition coefficient (Wildman–Crippen LogP) is 4.45. The largest absolute Gasteiger partial charge is 0.294 e. The minimum absolute atomic E-state index is 0.160. The molecular formula is C20H20N2O. The van der Waals surface area contributed by atoms with Gasteiger partial charge in [-0.25, -0.2) is 0 Å². The highest BCUT2D eigenvalue weighted by molar-refractivity contribution is 6.17. The Morgan fingerprint density at radius 3 is 2.39 bits per heavy atom. The van der Waals surface area contributed by atoms with E-state index in [1.54, 1.807) is 0 Å². The van der Waals surface area contributed by atoms with Crippen LogP contribution in [0, 0.1) is 12.8 Å². The molecule has 0 saturated carbocycles. The van der Waals surface area contributed by atoms with Crippen molar-refractivity contribution in [3.63, 3.8) is 0 Å². The van der Waals surface area contributed by atoms with Gasteiger partial charge in [0.15, 0.2) is 5.78 Å². The van der Waals surface area contributed by atoms with E-state index in [9.17, 15) is 4.79 Å². The van der Waals surface area contributed by atoms with E-state index < -0.39 is 0 Å². The van der Waals surface area contributed by atoms with Crippen LogP contribution in [-0.2, 0) is 0 Å². The maximum absolute atomic E-state index is 12.3.